The molecule has 0 aliphatic rings. The van der Waals surface area contributed by atoms with Crippen molar-refractivity contribution in [3.8, 4) is 11.5 Å². The smallest absolute Gasteiger partial charge is 0.244 e. The van der Waals surface area contributed by atoms with E-state index in [0.717, 1.165) is 11.1 Å². The van der Waals surface area contributed by atoms with Crippen LogP contribution < -0.4 is 14.8 Å². The van der Waals surface area contributed by atoms with E-state index in [1.54, 1.807) is 55.7 Å². The lowest BCUT2D eigenvalue weighted by Crippen LogP contribution is -2.30. The van der Waals surface area contributed by atoms with Crippen LogP contribution in [0.1, 0.15) is 37.9 Å². The Morgan fingerprint density at radius 1 is 1.12 bits per heavy atom. The third-order valence-electron chi connectivity index (χ3n) is 5.05. The Morgan fingerprint density at radius 2 is 1.79 bits per heavy atom. The molecule has 0 aromatic heterocycles. The highest BCUT2D eigenvalue weighted by Crippen LogP contribution is 2.28. The van der Waals surface area contributed by atoms with E-state index >= 15 is 0 Å². The monoisotopic (exact) mass is 472 g/mol. The topological polar surface area (TPSA) is 84.9 Å². The van der Waals surface area contributed by atoms with Gasteiger partial charge in [-0.3, -0.25) is 4.79 Å². The molecule has 0 radical (unpaired) electrons. The molecule has 2 rings (SSSR count). The summed E-state index contributed by atoms with van der Waals surface area (Å²) >= 11 is 0. The first-order valence-electron chi connectivity index (χ1n) is 10.8. The van der Waals surface area contributed by atoms with Crippen LogP contribution in [0.4, 0.5) is 0 Å². The number of carbonyl (C=O) groups is 1. The number of rotatable bonds is 12. The second-order valence-electron chi connectivity index (χ2n) is 7.23. The summed E-state index contributed by atoms with van der Waals surface area (Å²) < 4.78 is 37.5. The number of methoxy groups -OCH3 is 1. The van der Waals surface area contributed by atoms with Crippen LogP contribution in [0, 0.1) is 0 Å². The minimum Gasteiger partial charge on any atom is -0.493 e. The molecule has 0 spiro atoms. The molecule has 0 saturated heterocycles. The Morgan fingerprint density at radius 3 is 2.36 bits per heavy atom. The first-order chi connectivity index (χ1) is 15.8. The quantitative estimate of drug-likeness (QED) is 0.370. The van der Waals surface area contributed by atoms with Gasteiger partial charge in [0.15, 0.2) is 11.5 Å². The summed E-state index contributed by atoms with van der Waals surface area (Å²) in [7, 11) is -1.96. The number of carbonyl (C=O) groups excluding carboxylic acids is 1. The van der Waals surface area contributed by atoms with E-state index in [9.17, 15) is 13.2 Å². The van der Waals surface area contributed by atoms with Crippen LogP contribution in [0.15, 0.2) is 66.1 Å². The fourth-order valence-electron chi connectivity index (χ4n) is 3.21. The van der Waals surface area contributed by atoms with Gasteiger partial charge in [0.25, 0.3) is 0 Å². The van der Waals surface area contributed by atoms with Gasteiger partial charge in [0.1, 0.15) is 6.61 Å². The molecule has 1 amide bonds. The maximum atomic E-state index is 12.6. The van der Waals surface area contributed by atoms with Gasteiger partial charge in [-0.15, -0.1) is 0 Å². The molecule has 0 aliphatic heterocycles. The molecule has 2 aromatic rings. The van der Waals surface area contributed by atoms with E-state index < -0.39 is 10.0 Å². The molecule has 0 bridgehead atoms. The number of amides is 1. The third kappa shape index (κ3) is 6.94. The van der Waals surface area contributed by atoms with Crippen molar-refractivity contribution in [1.29, 1.82) is 0 Å². The van der Waals surface area contributed by atoms with Crippen LogP contribution >= 0.6 is 0 Å². The number of ether oxygens (including phenoxy) is 2. The summed E-state index contributed by atoms with van der Waals surface area (Å²) in [5, 5.41) is 2.88. The molecular weight excluding hydrogens is 440 g/mol. The van der Waals surface area contributed by atoms with Crippen molar-refractivity contribution in [3.05, 3.63) is 72.3 Å². The van der Waals surface area contributed by atoms with Crippen molar-refractivity contribution < 1.29 is 22.7 Å². The molecule has 8 heteroatoms. The average Bonchev–Trinajstić information content (AvgIpc) is 2.82. The molecule has 0 heterocycles. The van der Waals surface area contributed by atoms with Gasteiger partial charge in [-0.2, -0.15) is 4.31 Å². The zero-order valence-electron chi connectivity index (χ0n) is 19.6. The Bertz CT molecular complexity index is 1070. The lowest BCUT2D eigenvalue weighted by molar-refractivity contribution is -0.117. The molecular formula is C25H32N2O5S. The van der Waals surface area contributed by atoms with Gasteiger partial charge >= 0.3 is 0 Å². The molecule has 0 saturated carbocycles. The third-order valence-corrected chi connectivity index (χ3v) is 7.12. The zero-order valence-corrected chi connectivity index (χ0v) is 20.4. The average molecular weight is 473 g/mol. The second-order valence-corrected chi connectivity index (χ2v) is 9.17. The van der Waals surface area contributed by atoms with Gasteiger partial charge in [-0.1, -0.05) is 44.7 Å². The van der Waals surface area contributed by atoms with E-state index in [0.29, 0.717) is 31.2 Å². The summed E-state index contributed by atoms with van der Waals surface area (Å²) in [5.41, 5.74) is 1.59. The van der Waals surface area contributed by atoms with E-state index in [2.05, 4.69) is 11.9 Å². The van der Waals surface area contributed by atoms with Crippen molar-refractivity contribution in [1.82, 2.24) is 9.62 Å². The molecule has 33 heavy (non-hydrogen) atoms. The van der Waals surface area contributed by atoms with Crippen molar-refractivity contribution >= 4 is 22.0 Å². The van der Waals surface area contributed by atoms with Crippen molar-refractivity contribution in [2.24, 2.45) is 0 Å². The normalized spacial score (nSPS) is 12.5. The first-order valence-corrected chi connectivity index (χ1v) is 12.2. The highest BCUT2D eigenvalue weighted by Gasteiger charge is 2.21. The fraction of sp³-hybridized carbons (Fsp3) is 0.320. The summed E-state index contributed by atoms with van der Waals surface area (Å²) in [6.07, 6.45) is 4.77. The minimum absolute atomic E-state index is 0.239. The second kappa shape index (κ2) is 12.2. The predicted molar refractivity (Wildman–Crippen MR) is 131 cm³/mol. The standard InChI is InChI=1S/C25H32N2O5S/c1-6-17-32-23-15-9-20(18-24(23)31-5)10-16-25(28)26-19(4)21-11-13-22(14-12-21)33(29,30)27(7-2)8-3/h6,9-16,18-19H,1,7-8,17H2,2-5H3,(H,26,28)/b16-10+. The maximum absolute atomic E-state index is 12.6. The summed E-state index contributed by atoms with van der Waals surface area (Å²) in [6, 6.07) is 11.7. The number of sulfonamides is 1. The van der Waals surface area contributed by atoms with Crippen molar-refractivity contribution in [2.75, 3.05) is 26.8 Å². The maximum Gasteiger partial charge on any atom is 0.244 e. The van der Waals surface area contributed by atoms with Crippen LogP contribution in [-0.2, 0) is 14.8 Å². The number of hydrogen-bond donors (Lipinski definition) is 1. The fourth-order valence-corrected chi connectivity index (χ4v) is 4.67. The SMILES string of the molecule is C=CCOc1ccc(/C=C/C(=O)NC(C)c2ccc(S(=O)(=O)N(CC)CC)cc2)cc1OC. The van der Waals surface area contributed by atoms with Crippen molar-refractivity contribution in [3.63, 3.8) is 0 Å². The van der Waals surface area contributed by atoms with Crippen LogP contribution in [0.25, 0.3) is 6.08 Å². The highest BCUT2D eigenvalue weighted by atomic mass is 32.2. The van der Waals surface area contributed by atoms with Crippen LogP contribution in [0.3, 0.4) is 0 Å². The molecule has 7 nitrogen and oxygen atoms in total. The Balaban J connectivity index is 2.04. The molecule has 1 N–H and O–H groups in total. The molecule has 1 unspecified atom stereocenters. The molecule has 0 fully saturated rings. The van der Waals surface area contributed by atoms with Gasteiger partial charge in [0.05, 0.1) is 18.0 Å². The number of nitrogens with one attached hydrogen (secondary N) is 1. The van der Waals surface area contributed by atoms with Crippen LogP contribution in [0.5, 0.6) is 11.5 Å². The van der Waals surface area contributed by atoms with Gasteiger partial charge in [0, 0.05) is 19.2 Å². The molecule has 2 aromatic carbocycles. The predicted octanol–water partition coefficient (Wildman–Crippen LogP) is 4.18. The summed E-state index contributed by atoms with van der Waals surface area (Å²) in [5.74, 6) is 0.889. The summed E-state index contributed by atoms with van der Waals surface area (Å²) in [6.45, 7) is 10.3. The van der Waals surface area contributed by atoms with E-state index in [-0.39, 0.29) is 16.8 Å². The zero-order chi connectivity index (χ0) is 24.4. The number of benzene rings is 2. The molecule has 178 valence electrons. The first kappa shape index (κ1) is 26.2. The van der Waals surface area contributed by atoms with E-state index in [1.165, 1.54) is 10.4 Å². The highest BCUT2D eigenvalue weighted by molar-refractivity contribution is 7.89. The molecule has 1 atom stereocenters. The Kier molecular flexibility index (Phi) is 9.69. The summed E-state index contributed by atoms with van der Waals surface area (Å²) in [4.78, 5) is 12.6. The lowest BCUT2D eigenvalue weighted by atomic mass is 10.1. The number of nitrogens with zero attached hydrogens (tertiary/aromatic N) is 1. The van der Waals surface area contributed by atoms with Crippen molar-refractivity contribution in [2.45, 2.75) is 31.7 Å². The lowest BCUT2D eigenvalue weighted by Gasteiger charge is -2.19. The Labute approximate surface area is 196 Å². The van der Waals surface area contributed by atoms with Gasteiger partial charge in [0.2, 0.25) is 15.9 Å². The Hall–Kier alpha value is -3.10. The van der Waals surface area contributed by atoms with Crippen LogP contribution in [0.2, 0.25) is 0 Å². The van der Waals surface area contributed by atoms with E-state index in [4.69, 9.17) is 9.47 Å². The number of hydrogen-bond acceptors (Lipinski definition) is 5. The van der Waals surface area contributed by atoms with Gasteiger partial charge in [-0.05, 0) is 48.4 Å². The van der Waals surface area contributed by atoms with Gasteiger partial charge in [-0.25, -0.2) is 8.42 Å². The molecule has 0 aliphatic carbocycles. The van der Waals surface area contributed by atoms with Crippen LogP contribution in [-0.4, -0.2) is 45.4 Å². The minimum atomic E-state index is -3.51. The largest absolute Gasteiger partial charge is 0.493 e. The van der Waals surface area contributed by atoms with Gasteiger partial charge < -0.3 is 14.8 Å². The van der Waals surface area contributed by atoms with E-state index in [1.807, 2.05) is 26.8 Å².